The summed E-state index contributed by atoms with van der Waals surface area (Å²) >= 11 is 0. The molecule has 0 aromatic heterocycles. The fourth-order valence-corrected chi connectivity index (χ4v) is 4.40. The molecule has 0 aliphatic carbocycles. The number of rotatable bonds is 10. The maximum atomic E-state index is 12.4. The summed E-state index contributed by atoms with van der Waals surface area (Å²) in [5.74, 6) is -3.65. The van der Waals surface area contributed by atoms with Gasteiger partial charge in [-0.05, 0) is 42.5 Å². The summed E-state index contributed by atoms with van der Waals surface area (Å²) in [6.45, 7) is 0.156. The van der Waals surface area contributed by atoms with Crippen LogP contribution in [0, 0.1) is 0 Å². The van der Waals surface area contributed by atoms with Gasteiger partial charge in [-0.15, -0.1) is 10.9 Å². The largest absolute Gasteiger partial charge is 2.00 e. The average Bonchev–Trinajstić information content (AvgIpc) is 2.73. The number of benzene rings is 2. The number of anilines is 1. The van der Waals surface area contributed by atoms with E-state index in [1.54, 1.807) is 0 Å². The number of carbonyl (C=O) groups excluding carboxylic acids is 1. The van der Waals surface area contributed by atoms with E-state index in [0.717, 1.165) is 43.3 Å². The van der Waals surface area contributed by atoms with Gasteiger partial charge in [-0.2, -0.15) is 21.9 Å². The standard InChI is InChI=1S/C18H19N3O12S3.Cu/c1-11(22)17(21-20-15-7-6-14(10-16(15)23)35(27,28)29)18(24)19-12-2-4-13(5-3-12)34(25,26)9-8-33-36(30,31)32;/h2-7,10,22-23H,8-9H2,1H3,(H,19,24)(H,27,28,29)(H,30,31,32);/q;+2/p-2. The predicted molar refractivity (Wildman–Crippen MR) is 118 cm³/mol. The van der Waals surface area contributed by atoms with Gasteiger partial charge < -0.3 is 15.5 Å². The summed E-state index contributed by atoms with van der Waals surface area (Å²) in [4.78, 5) is 11.5. The Bertz CT molecular complexity index is 1530. The Morgan fingerprint density at radius 1 is 1.00 bits per heavy atom. The van der Waals surface area contributed by atoms with Crippen LogP contribution < -0.4 is 15.5 Å². The van der Waals surface area contributed by atoms with E-state index in [9.17, 15) is 40.3 Å². The second-order valence-corrected chi connectivity index (χ2v) is 11.4. The molecule has 2 rings (SSSR count). The van der Waals surface area contributed by atoms with Crippen LogP contribution in [0.15, 0.2) is 73.9 Å². The number of amides is 1. The minimum Gasteiger partial charge on any atom is -0.874 e. The van der Waals surface area contributed by atoms with Crippen LogP contribution >= 0.6 is 0 Å². The monoisotopic (exact) mass is 626 g/mol. The number of allylic oxidation sites excluding steroid dienone is 1. The molecule has 2 aromatic carbocycles. The molecule has 2 aromatic rings. The van der Waals surface area contributed by atoms with Gasteiger partial charge in [-0.1, -0.05) is 12.7 Å². The third-order valence-corrected chi connectivity index (χ3v) is 7.10. The fraction of sp³-hybridized carbons (Fsp3) is 0.167. The molecule has 37 heavy (non-hydrogen) atoms. The molecule has 0 unspecified atom stereocenters. The molecule has 3 N–H and O–H groups in total. The van der Waals surface area contributed by atoms with Crippen LogP contribution in [0.5, 0.6) is 5.75 Å². The average molecular weight is 627 g/mol. The molecule has 0 atom stereocenters. The van der Waals surface area contributed by atoms with Gasteiger partial charge >= 0.3 is 27.5 Å². The van der Waals surface area contributed by atoms with E-state index in [-0.39, 0.29) is 27.7 Å². The van der Waals surface area contributed by atoms with Crippen molar-refractivity contribution in [3.05, 3.63) is 53.9 Å². The van der Waals surface area contributed by atoms with Gasteiger partial charge in [-0.3, -0.25) is 13.9 Å². The first kappa shape index (κ1) is 32.1. The van der Waals surface area contributed by atoms with Crippen molar-refractivity contribution in [1.29, 1.82) is 0 Å². The normalized spacial score (nSPS) is 13.1. The van der Waals surface area contributed by atoms with E-state index < -0.39 is 76.4 Å². The van der Waals surface area contributed by atoms with Gasteiger partial charge in [0.1, 0.15) is 5.70 Å². The van der Waals surface area contributed by atoms with Crippen molar-refractivity contribution in [3.8, 4) is 5.75 Å². The predicted octanol–water partition coefficient (Wildman–Crippen LogP) is -0.0883. The zero-order valence-corrected chi connectivity index (χ0v) is 21.7. The van der Waals surface area contributed by atoms with Crippen molar-refractivity contribution < 1.29 is 70.6 Å². The Labute approximate surface area is 222 Å². The minimum absolute atomic E-state index is 0. The minimum atomic E-state index is -4.81. The molecule has 1 amide bonds. The maximum absolute atomic E-state index is 12.4. The molecule has 0 spiro atoms. The van der Waals surface area contributed by atoms with Crippen LogP contribution in [0.1, 0.15) is 6.92 Å². The van der Waals surface area contributed by atoms with E-state index in [0.29, 0.717) is 6.07 Å². The smallest absolute Gasteiger partial charge is 0.874 e. The second kappa shape index (κ2) is 12.6. The Hall–Kier alpha value is -2.90. The van der Waals surface area contributed by atoms with Gasteiger partial charge in [0.2, 0.25) is 0 Å². The first-order chi connectivity index (χ1) is 16.5. The number of azo groups is 1. The summed E-state index contributed by atoms with van der Waals surface area (Å²) in [6, 6.07) is 6.82. The molecule has 0 heterocycles. The van der Waals surface area contributed by atoms with Crippen LogP contribution in [0.25, 0.3) is 0 Å². The number of hydrogen-bond acceptors (Lipinski definition) is 12. The summed E-state index contributed by atoms with van der Waals surface area (Å²) in [6.07, 6.45) is 0. The van der Waals surface area contributed by atoms with Crippen LogP contribution in [0.4, 0.5) is 11.4 Å². The van der Waals surface area contributed by atoms with Gasteiger partial charge in [0.25, 0.3) is 16.0 Å². The third-order valence-electron chi connectivity index (χ3n) is 4.09. The molecule has 0 fully saturated rings. The van der Waals surface area contributed by atoms with Crippen LogP contribution in [0.2, 0.25) is 0 Å². The molecule has 0 saturated heterocycles. The number of sulfone groups is 1. The van der Waals surface area contributed by atoms with Gasteiger partial charge in [0.15, 0.2) is 9.84 Å². The van der Waals surface area contributed by atoms with Crippen molar-refractivity contribution in [2.24, 2.45) is 10.2 Å². The summed E-state index contributed by atoms with van der Waals surface area (Å²) in [5, 5.41) is 32.9. The molecule has 0 saturated carbocycles. The van der Waals surface area contributed by atoms with E-state index in [1.165, 1.54) is 0 Å². The van der Waals surface area contributed by atoms with Crippen LogP contribution in [-0.2, 0) is 56.4 Å². The van der Waals surface area contributed by atoms with Crippen molar-refractivity contribution in [1.82, 2.24) is 0 Å². The van der Waals surface area contributed by atoms with Crippen LogP contribution in [0.3, 0.4) is 0 Å². The van der Waals surface area contributed by atoms with Gasteiger partial charge in [-0.25, -0.2) is 12.6 Å². The third kappa shape index (κ3) is 9.82. The number of nitrogens with one attached hydrogen (secondary N) is 1. The summed E-state index contributed by atoms with van der Waals surface area (Å²) < 4.78 is 88.9. The molecule has 19 heteroatoms. The van der Waals surface area contributed by atoms with Gasteiger partial charge in [0.05, 0.1) is 27.8 Å². The van der Waals surface area contributed by atoms with Crippen molar-refractivity contribution in [2.45, 2.75) is 16.7 Å². The van der Waals surface area contributed by atoms with E-state index in [1.807, 2.05) is 0 Å². The van der Waals surface area contributed by atoms with E-state index >= 15 is 0 Å². The van der Waals surface area contributed by atoms with Crippen molar-refractivity contribution in [3.63, 3.8) is 0 Å². The van der Waals surface area contributed by atoms with Crippen molar-refractivity contribution >= 4 is 47.6 Å². The molecule has 205 valence electrons. The Kier molecular flexibility index (Phi) is 10.9. The molecule has 0 aliphatic rings. The number of nitrogens with zero attached hydrogens (tertiary/aromatic N) is 2. The van der Waals surface area contributed by atoms with Crippen LogP contribution in [-0.4, -0.2) is 52.6 Å². The number of hydrogen-bond donors (Lipinski definition) is 3. The molecule has 0 aliphatic heterocycles. The zero-order chi connectivity index (χ0) is 27.3. The SMILES string of the molecule is CC([O-])=C(N=Nc1ccc(S(=O)(=O)O)cc1[O-])C(=O)Nc1ccc(S(=O)(=O)CCOS(=O)(=O)O)cc1.[Cu+2]. The Morgan fingerprint density at radius 2 is 1.57 bits per heavy atom. The summed E-state index contributed by atoms with van der Waals surface area (Å²) in [5.41, 5.74) is -1.14. The maximum Gasteiger partial charge on any atom is 2.00 e. The Morgan fingerprint density at radius 3 is 2.05 bits per heavy atom. The topological polar surface area (TPSA) is 252 Å². The number of carbonyl (C=O) groups is 1. The molecular formula is C18H17CuN3O12S3. The second-order valence-electron chi connectivity index (χ2n) is 6.76. The zero-order valence-electron chi connectivity index (χ0n) is 18.4. The molecular weight excluding hydrogens is 610 g/mol. The Balaban J connectivity index is 0.00000684. The quantitative estimate of drug-likeness (QED) is 0.103. The van der Waals surface area contributed by atoms with E-state index in [2.05, 4.69) is 19.7 Å². The first-order valence-electron chi connectivity index (χ1n) is 9.34. The molecule has 0 bridgehead atoms. The summed E-state index contributed by atoms with van der Waals surface area (Å²) in [7, 11) is -13.4. The fourth-order valence-electron chi connectivity index (χ4n) is 2.42. The first-order valence-corrected chi connectivity index (χ1v) is 13.8. The molecule has 15 nitrogen and oxygen atoms in total. The molecule has 1 radical (unpaired) electrons. The van der Waals surface area contributed by atoms with Crippen molar-refractivity contribution in [2.75, 3.05) is 17.7 Å². The van der Waals surface area contributed by atoms with E-state index in [4.69, 9.17) is 9.11 Å². The van der Waals surface area contributed by atoms with Gasteiger partial charge in [0, 0.05) is 5.69 Å².